The number of nitrogens with one attached hydrogen (secondary N) is 1. The molecule has 108 valence electrons. The normalized spacial score (nSPS) is 14.1. The average molecular weight is 267 g/mol. The largest absolute Gasteiger partial charge is 0.504 e. The van der Waals surface area contributed by atoms with Crippen molar-refractivity contribution in [3.8, 4) is 11.5 Å². The van der Waals surface area contributed by atoms with Gasteiger partial charge in [-0.3, -0.25) is 0 Å². The Morgan fingerprint density at radius 1 is 1.32 bits per heavy atom. The Kier molecular flexibility index (Phi) is 6.12. The molecule has 1 rings (SSSR count). The van der Waals surface area contributed by atoms with E-state index in [0.29, 0.717) is 25.3 Å². The zero-order chi connectivity index (χ0) is 14.3. The number of benzene rings is 1. The van der Waals surface area contributed by atoms with Crippen molar-refractivity contribution < 1.29 is 14.9 Å². The molecule has 3 N–H and O–H groups in total. The zero-order valence-corrected chi connectivity index (χ0v) is 12.1. The van der Waals surface area contributed by atoms with E-state index in [2.05, 4.69) is 19.2 Å². The van der Waals surface area contributed by atoms with E-state index in [1.54, 1.807) is 6.07 Å². The molecule has 0 aliphatic rings. The predicted molar refractivity (Wildman–Crippen MR) is 76.5 cm³/mol. The van der Waals surface area contributed by atoms with Crippen LogP contribution >= 0.6 is 0 Å². The molecule has 0 fully saturated rings. The fourth-order valence-electron chi connectivity index (χ4n) is 1.93. The SMILES string of the molecule is CCOc1cccc(CNC(C)(CC)CCO)c1O. The Hall–Kier alpha value is -1.26. The zero-order valence-electron chi connectivity index (χ0n) is 12.1. The highest BCUT2D eigenvalue weighted by Gasteiger charge is 2.21. The van der Waals surface area contributed by atoms with E-state index in [4.69, 9.17) is 9.84 Å². The molecular weight excluding hydrogens is 242 g/mol. The summed E-state index contributed by atoms with van der Waals surface area (Å²) in [5, 5.41) is 22.6. The van der Waals surface area contributed by atoms with Crippen molar-refractivity contribution >= 4 is 0 Å². The number of aliphatic hydroxyl groups excluding tert-OH is 1. The number of para-hydroxylation sites is 1. The van der Waals surface area contributed by atoms with Crippen LogP contribution in [0.2, 0.25) is 0 Å². The van der Waals surface area contributed by atoms with Gasteiger partial charge in [-0.1, -0.05) is 19.1 Å². The quantitative estimate of drug-likeness (QED) is 0.677. The molecule has 0 aliphatic heterocycles. The molecule has 0 heterocycles. The molecule has 0 saturated carbocycles. The number of ether oxygens (including phenoxy) is 1. The Morgan fingerprint density at radius 2 is 2.05 bits per heavy atom. The highest BCUT2D eigenvalue weighted by atomic mass is 16.5. The number of aliphatic hydroxyl groups is 1. The van der Waals surface area contributed by atoms with Gasteiger partial charge in [0.15, 0.2) is 11.5 Å². The fraction of sp³-hybridized carbons (Fsp3) is 0.600. The van der Waals surface area contributed by atoms with E-state index in [9.17, 15) is 5.11 Å². The lowest BCUT2D eigenvalue weighted by Crippen LogP contribution is -2.42. The summed E-state index contributed by atoms with van der Waals surface area (Å²) in [6.45, 7) is 7.28. The second-order valence-corrected chi connectivity index (χ2v) is 4.94. The van der Waals surface area contributed by atoms with E-state index in [0.717, 1.165) is 12.0 Å². The monoisotopic (exact) mass is 267 g/mol. The van der Waals surface area contributed by atoms with Crippen LogP contribution in [0.1, 0.15) is 39.2 Å². The van der Waals surface area contributed by atoms with Crippen LogP contribution in [-0.2, 0) is 6.54 Å². The molecule has 0 saturated heterocycles. The van der Waals surface area contributed by atoms with Crippen LogP contribution in [0.15, 0.2) is 18.2 Å². The third kappa shape index (κ3) is 4.40. The molecule has 1 aromatic carbocycles. The van der Waals surface area contributed by atoms with Crippen LogP contribution in [0, 0.1) is 0 Å². The lowest BCUT2D eigenvalue weighted by molar-refractivity contribution is 0.214. The maximum atomic E-state index is 10.1. The number of hydrogen-bond acceptors (Lipinski definition) is 4. The fourth-order valence-corrected chi connectivity index (χ4v) is 1.93. The van der Waals surface area contributed by atoms with Gasteiger partial charge < -0.3 is 20.3 Å². The van der Waals surface area contributed by atoms with Crippen molar-refractivity contribution in [3.05, 3.63) is 23.8 Å². The van der Waals surface area contributed by atoms with Gasteiger partial charge in [0, 0.05) is 24.3 Å². The van der Waals surface area contributed by atoms with Crippen molar-refractivity contribution in [2.24, 2.45) is 0 Å². The number of rotatable bonds is 8. The van der Waals surface area contributed by atoms with Crippen molar-refractivity contribution in [1.29, 1.82) is 0 Å². The van der Waals surface area contributed by atoms with Crippen molar-refractivity contribution in [1.82, 2.24) is 5.32 Å². The Balaban J connectivity index is 2.74. The lowest BCUT2D eigenvalue weighted by atomic mass is 9.94. The molecule has 0 radical (unpaired) electrons. The van der Waals surface area contributed by atoms with Gasteiger partial charge in [0.1, 0.15) is 0 Å². The molecule has 19 heavy (non-hydrogen) atoms. The third-order valence-corrected chi connectivity index (χ3v) is 3.53. The van der Waals surface area contributed by atoms with E-state index in [1.807, 2.05) is 19.1 Å². The minimum Gasteiger partial charge on any atom is -0.504 e. The van der Waals surface area contributed by atoms with Crippen LogP contribution in [0.25, 0.3) is 0 Å². The molecule has 1 atom stereocenters. The summed E-state index contributed by atoms with van der Waals surface area (Å²) >= 11 is 0. The summed E-state index contributed by atoms with van der Waals surface area (Å²) in [6.07, 6.45) is 1.61. The van der Waals surface area contributed by atoms with E-state index in [-0.39, 0.29) is 17.9 Å². The van der Waals surface area contributed by atoms with Crippen molar-refractivity contribution in [2.75, 3.05) is 13.2 Å². The summed E-state index contributed by atoms with van der Waals surface area (Å²) in [7, 11) is 0. The van der Waals surface area contributed by atoms with Gasteiger partial charge >= 0.3 is 0 Å². The first kappa shape index (κ1) is 15.8. The summed E-state index contributed by atoms with van der Waals surface area (Å²) < 4.78 is 5.37. The van der Waals surface area contributed by atoms with Crippen molar-refractivity contribution in [2.45, 2.75) is 45.7 Å². The van der Waals surface area contributed by atoms with Gasteiger partial charge in [-0.25, -0.2) is 0 Å². The standard InChI is InChI=1S/C15H25NO3/c1-4-15(3,9-10-17)16-11-12-7-6-8-13(14(12)18)19-5-2/h6-8,16-18H,4-5,9-11H2,1-3H3. The average Bonchev–Trinajstić information content (AvgIpc) is 2.40. The Bertz CT molecular complexity index is 395. The topological polar surface area (TPSA) is 61.7 Å². The summed E-state index contributed by atoms with van der Waals surface area (Å²) in [5.41, 5.74) is 0.687. The molecule has 1 unspecified atom stereocenters. The van der Waals surface area contributed by atoms with Gasteiger partial charge in [0.25, 0.3) is 0 Å². The van der Waals surface area contributed by atoms with Crippen LogP contribution in [0.5, 0.6) is 11.5 Å². The van der Waals surface area contributed by atoms with Crippen LogP contribution < -0.4 is 10.1 Å². The number of phenols is 1. The van der Waals surface area contributed by atoms with E-state index >= 15 is 0 Å². The molecule has 4 heteroatoms. The number of hydrogen-bond donors (Lipinski definition) is 3. The molecule has 0 aliphatic carbocycles. The molecule has 4 nitrogen and oxygen atoms in total. The second-order valence-electron chi connectivity index (χ2n) is 4.94. The van der Waals surface area contributed by atoms with E-state index in [1.165, 1.54) is 0 Å². The lowest BCUT2D eigenvalue weighted by Gasteiger charge is -2.29. The molecule has 1 aromatic rings. The Labute approximate surface area is 115 Å². The molecular formula is C15H25NO3. The first-order valence-corrected chi connectivity index (χ1v) is 6.86. The second kappa shape index (κ2) is 7.36. The minimum absolute atomic E-state index is 0.122. The Morgan fingerprint density at radius 3 is 2.63 bits per heavy atom. The summed E-state index contributed by atoms with van der Waals surface area (Å²) in [4.78, 5) is 0. The van der Waals surface area contributed by atoms with Gasteiger partial charge in [-0.15, -0.1) is 0 Å². The number of aromatic hydroxyl groups is 1. The smallest absolute Gasteiger partial charge is 0.162 e. The van der Waals surface area contributed by atoms with Gasteiger partial charge in [-0.2, -0.15) is 0 Å². The molecule has 0 bridgehead atoms. The molecule has 0 aromatic heterocycles. The number of phenolic OH excluding ortho intramolecular Hbond substituents is 1. The first-order chi connectivity index (χ1) is 9.06. The highest BCUT2D eigenvalue weighted by Crippen LogP contribution is 2.30. The predicted octanol–water partition coefficient (Wildman–Crippen LogP) is 2.43. The maximum Gasteiger partial charge on any atom is 0.162 e. The highest BCUT2D eigenvalue weighted by molar-refractivity contribution is 5.45. The summed E-state index contributed by atoms with van der Waals surface area (Å²) in [6, 6.07) is 5.51. The maximum absolute atomic E-state index is 10.1. The molecule has 0 amide bonds. The van der Waals surface area contributed by atoms with Gasteiger partial charge in [0.05, 0.1) is 6.61 Å². The van der Waals surface area contributed by atoms with Crippen molar-refractivity contribution in [3.63, 3.8) is 0 Å². The first-order valence-electron chi connectivity index (χ1n) is 6.86. The van der Waals surface area contributed by atoms with Gasteiger partial charge in [0.2, 0.25) is 0 Å². The third-order valence-electron chi connectivity index (χ3n) is 3.53. The molecule has 0 spiro atoms. The minimum atomic E-state index is -0.122. The van der Waals surface area contributed by atoms with Crippen LogP contribution in [-0.4, -0.2) is 29.0 Å². The van der Waals surface area contributed by atoms with Crippen LogP contribution in [0.4, 0.5) is 0 Å². The van der Waals surface area contributed by atoms with E-state index < -0.39 is 0 Å². The van der Waals surface area contributed by atoms with Gasteiger partial charge in [-0.05, 0) is 32.8 Å². The summed E-state index contributed by atoms with van der Waals surface area (Å²) in [5.74, 6) is 0.710. The van der Waals surface area contributed by atoms with Crippen LogP contribution in [0.3, 0.4) is 0 Å².